The summed E-state index contributed by atoms with van der Waals surface area (Å²) >= 11 is 0. The van der Waals surface area contributed by atoms with Crippen LogP contribution in [-0.2, 0) is 27.5 Å². The van der Waals surface area contributed by atoms with E-state index in [-0.39, 0.29) is 24.4 Å². The Bertz CT molecular complexity index is 385. The van der Waals surface area contributed by atoms with Crippen molar-refractivity contribution < 1.29 is 14.3 Å². The Kier molecular flexibility index (Phi) is 6.67. The second-order valence-electron chi connectivity index (χ2n) is 5.13. The SMILES string of the molecule is CC(C)OCc1ccc(COCC(=O)C(C)C)cn1. The Hall–Kier alpha value is -1.26. The molecule has 0 bridgehead atoms. The molecule has 0 unspecified atom stereocenters. The predicted octanol–water partition coefficient (Wildman–Crippen LogP) is 2.75. The van der Waals surface area contributed by atoms with Crippen molar-refractivity contribution in [1.29, 1.82) is 0 Å². The molecule has 0 fully saturated rings. The van der Waals surface area contributed by atoms with Gasteiger partial charge in [-0.25, -0.2) is 0 Å². The van der Waals surface area contributed by atoms with Crippen LogP contribution in [0.5, 0.6) is 0 Å². The number of Topliss-reactive ketones (excluding diaryl/α,β-unsaturated/α-hetero) is 1. The zero-order valence-corrected chi connectivity index (χ0v) is 12.2. The number of carbonyl (C=O) groups excluding carboxylic acids is 1. The van der Waals surface area contributed by atoms with Gasteiger partial charge in [-0.05, 0) is 25.5 Å². The van der Waals surface area contributed by atoms with Gasteiger partial charge in [0, 0.05) is 12.1 Å². The first kappa shape index (κ1) is 15.8. The molecule has 0 atom stereocenters. The van der Waals surface area contributed by atoms with Gasteiger partial charge in [-0.15, -0.1) is 0 Å². The summed E-state index contributed by atoms with van der Waals surface area (Å²) in [4.78, 5) is 15.7. The molecule has 1 heterocycles. The summed E-state index contributed by atoms with van der Waals surface area (Å²) < 4.78 is 10.8. The average molecular weight is 265 g/mol. The van der Waals surface area contributed by atoms with Crippen LogP contribution in [0, 0.1) is 5.92 Å². The third-order valence-electron chi connectivity index (χ3n) is 2.61. The van der Waals surface area contributed by atoms with Crippen LogP contribution in [-0.4, -0.2) is 23.5 Å². The van der Waals surface area contributed by atoms with E-state index in [1.807, 2.05) is 39.8 Å². The lowest BCUT2D eigenvalue weighted by Gasteiger charge is -2.08. The molecular weight excluding hydrogens is 242 g/mol. The summed E-state index contributed by atoms with van der Waals surface area (Å²) in [7, 11) is 0. The van der Waals surface area contributed by atoms with Gasteiger partial charge < -0.3 is 9.47 Å². The molecule has 0 N–H and O–H groups in total. The second kappa shape index (κ2) is 8.02. The number of aromatic nitrogens is 1. The van der Waals surface area contributed by atoms with Gasteiger partial charge in [0.15, 0.2) is 5.78 Å². The van der Waals surface area contributed by atoms with Crippen molar-refractivity contribution in [3.05, 3.63) is 29.6 Å². The highest BCUT2D eigenvalue weighted by molar-refractivity contribution is 5.81. The lowest BCUT2D eigenvalue weighted by atomic mass is 10.1. The molecule has 0 aromatic carbocycles. The molecule has 1 rings (SSSR count). The summed E-state index contributed by atoms with van der Waals surface area (Å²) in [5.41, 5.74) is 1.86. The fraction of sp³-hybridized carbons (Fsp3) is 0.600. The van der Waals surface area contributed by atoms with E-state index in [1.165, 1.54) is 0 Å². The van der Waals surface area contributed by atoms with Crippen LogP contribution in [0.1, 0.15) is 39.0 Å². The normalized spacial score (nSPS) is 11.3. The van der Waals surface area contributed by atoms with Crippen LogP contribution in [0.15, 0.2) is 18.3 Å². The van der Waals surface area contributed by atoms with Crippen molar-refractivity contribution in [3.63, 3.8) is 0 Å². The Balaban J connectivity index is 2.34. The maximum absolute atomic E-state index is 11.4. The number of hydrogen-bond acceptors (Lipinski definition) is 4. The lowest BCUT2D eigenvalue weighted by molar-refractivity contribution is -0.126. The van der Waals surface area contributed by atoms with E-state index in [4.69, 9.17) is 9.47 Å². The maximum Gasteiger partial charge on any atom is 0.160 e. The van der Waals surface area contributed by atoms with Gasteiger partial charge in [-0.1, -0.05) is 19.9 Å². The third kappa shape index (κ3) is 6.45. The molecular formula is C15H23NO3. The molecule has 19 heavy (non-hydrogen) atoms. The number of ketones is 1. The highest BCUT2D eigenvalue weighted by Gasteiger charge is 2.07. The highest BCUT2D eigenvalue weighted by atomic mass is 16.5. The van der Waals surface area contributed by atoms with Crippen LogP contribution in [0.2, 0.25) is 0 Å². The van der Waals surface area contributed by atoms with Crippen LogP contribution < -0.4 is 0 Å². The molecule has 0 spiro atoms. The Morgan fingerprint density at radius 1 is 1.21 bits per heavy atom. The van der Waals surface area contributed by atoms with Crippen molar-refractivity contribution in [3.8, 4) is 0 Å². The molecule has 4 heteroatoms. The maximum atomic E-state index is 11.4. The molecule has 1 aromatic heterocycles. The van der Waals surface area contributed by atoms with Crippen molar-refractivity contribution in [2.45, 2.75) is 47.0 Å². The van der Waals surface area contributed by atoms with Crippen LogP contribution in [0.25, 0.3) is 0 Å². The Morgan fingerprint density at radius 3 is 2.47 bits per heavy atom. The highest BCUT2D eigenvalue weighted by Crippen LogP contribution is 2.05. The quantitative estimate of drug-likeness (QED) is 0.725. The molecule has 0 radical (unpaired) electrons. The molecule has 0 saturated heterocycles. The van der Waals surface area contributed by atoms with Crippen molar-refractivity contribution >= 4 is 5.78 Å². The molecule has 4 nitrogen and oxygen atoms in total. The van der Waals surface area contributed by atoms with E-state index >= 15 is 0 Å². The number of rotatable bonds is 8. The minimum atomic E-state index is 0.0219. The first-order valence-electron chi connectivity index (χ1n) is 6.65. The largest absolute Gasteiger partial charge is 0.373 e. The summed E-state index contributed by atoms with van der Waals surface area (Å²) in [6.07, 6.45) is 1.96. The van der Waals surface area contributed by atoms with E-state index in [1.54, 1.807) is 6.20 Å². The first-order chi connectivity index (χ1) is 8.99. The van der Waals surface area contributed by atoms with Gasteiger partial charge in [0.1, 0.15) is 6.61 Å². The third-order valence-corrected chi connectivity index (χ3v) is 2.61. The Labute approximate surface area is 115 Å². The smallest absolute Gasteiger partial charge is 0.160 e. The summed E-state index contributed by atoms with van der Waals surface area (Å²) in [5, 5.41) is 0. The van der Waals surface area contributed by atoms with Gasteiger partial charge in [0.25, 0.3) is 0 Å². The molecule has 0 aliphatic carbocycles. The monoisotopic (exact) mass is 265 g/mol. The minimum Gasteiger partial charge on any atom is -0.373 e. The standard InChI is InChI=1S/C15H23NO3/c1-11(2)15(17)10-18-8-13-5-6-14(16-7-13)9-19-12(3)4/h5-7,11-12H,8-10H2,1-4H3. The van der Waals surface area contributed by atoms with Crippen LogP contribution >= 0.6 is 0 Å². The topological polar surface area (TPSA) is 48.4 Å². The van der Waals surface area contributed by atoms with E-state index in [2.05, 4.69) is 4.98 Å². The molecule has 0 aliphatic rings. The molecule has 106 valence electrons. The van der Waals surface area contributed by atoms with Gasteiger partial charge in [-0.2, -0.15) is 0 Å². The first-order valence-corrected chi connectivity index (χ1v) is 6.65. The second-order valence-corrected chi connectivity index (χ2v) is 5.13. The molecule has 0 saturated carbocycles. The van der Waals surface area contributed by atoms with Gasteiger partial charge in [-0.3, -0.25) is 9.78 Å². The number of carbonyl (C=O) groups is 1. The Morgan fingerprint density at radius 2 is 1.95 bits per heavy atom. The molecule has 1 aromatic rings. The van der Waals surface area contributed by atoms with Gasteiger partial charge >= 0.3 is 0 Å². The predicted molar refractivity (Wildman–Crippen MR) is 73.7 cm³/mol. The van der Waals surface area contributed by atoms with Crippen molar-refractivity contribution in [2.75, 3.05) is 6.61 Å². The van der Waals surface area contributed by atoms with Gasteiger partial charge in [0.2, 0.25) is 0 Å². The van der Waals surface area contributed by atoms with Crippen LogP contribution in [0.3, 0.4) is 0 Å². The molecule has 0 aliphatic heterocycles. The van der Waals surface area contributed by atoms with E-state index in [0.29, 0.717) is 13.2 Å². The van der Waals surface area contributed by atoms with E-state index in [9.17, 15) is 4.79 Å². The van der Waals surface area contributed by atoms with Crippen molar-refractivity contribution in [1.82, 2.24) is 4.98 Å². The fourth-order valence-electron chi connectivity index (χ4n) is 1.31. The van der Waals surface area contributed by atoms with E-state index < -0.39 is 0 Å². The zero-order valence-electron chi connectivity index (χ0n) is 12.2. The van der Waals surface area contributed by atoms with E-state index in [0.717, 1.165) is 11.3 Å². The number of pyridine rings is 1. The number of ether oxygens (including phenoxy) is 2. The zero-order chi connectivity index (χ0) is 14.3. The summed E-state index contributed by atoms with van der Waals surface area (Å²) in [5.74, 6) is 0.142. The average Bonchev–Trinajstić information content (AvgIpc) is 2.37. The lowest BCUT2D eigenvalue weighted by Crippen LogP contribution is -2.14. The molecule has 0 amide bonds. The van der Waals surface area contributed by atoms with Crippen molar-refractivity contribution in [2.24, 2.45) is 5.92 Å². The fourth-order valence-corrected chi connectivity index (χ4v) is 1.31. The van der Waals surface area contributed by atoms with Crippen LogP contribution in [0.4, 0.5) is 0 Å². The number of nitrogens with zero attached hydrogens (tertiary/aromatic N) is 1. The summed E-state index contributed by atoms with van der Waals surface area (Å²) in [6, 6.07) is 3.87. The van der Waals surface area contributed by atoms with Gasteiger partial charge in [0.05, 0.1) is 25.0 Å². The number of hydrogen-bond donors (Lipinski definition) is 0. The summed E-state index contributed by atoms with van der Waals surface area (Å²) in [6.45, 7) is 8.83. The minimum absolute atomic E-state index is 0.0219.